The largest absolute Gasteiger partial charge is 0.416 e. The summed E-state index contributed by atoms with van der Waals surface area (Å²) in [6, 6.07) is 4.87. The summed E-state index contributed by atoms with van der Waals surface area (Å²) in [5.41, 5.74) is 5.79. The molecular formula is C12H12F3N3S. The van der Waals surface area contributed by atoms with Gasteiger partial charge in [-0.05, 0) is 24.6 Å². The molecule has 7 heteroatoms. The van der Waals surface area contributed by atoms with Crippen LogP contribution in [0.1, 0.15) is 34.1 Å². The van der Waals surface area contributed by atoms with Gasteiger partial charge in [0, 0.05) is 6.42 Å². The Balaban J connectivity index is 2.11. The molecule has 102 valence electrons. The minimum Gasteiger partial charge on any atom is -0.322 e. The molecular weight excluding hydrogens is 275 g/mol. The van der Waals surface area contributed by atoms with Gasteiger partial charge < -0.3 is 5.73 Å². The van der Waals surface area contributed by atoms with Crippen molar-refractivity contribution in [2.75, 3.05) is 0 Å². The lowest BCUT2D eigenvalue weighted by Crippen LogP contribution is -2.04. The van der Waals surface area contributed by atoms with Crippen LogP contribution in [0.5, 0.6) is 0 Å². The quantitative estimate of drug-likeness (QED) is 0.943. The third-order valence-corrected chi connectivity index (χ3v) is 3.63. The van der Waals surface area contributed by atoms with Crippen molar-refractivity contribution >= 4 is 11.3 Å². The molecule has 1 atom stereocenters. The van der Waals surface area contributed by atoms with Gasteiger partial charge in [-0.25, -0.2) is 0 Å². The van der Waals surface area contributed by atoms with Crippen LogP contribution in [-0.4, -0.2) is 10.2 Å². The fourth-order valence-corrected chi connectivity index (χ4v) is 2.34. The summed E-state index contributed by atoms with van der Waals surface area (Å²) >= 11 is 1.38. The molecule has 3 nitrogen and oxygen atoms in total. The zero-order valence-corrected chi connectivity index (χ0v) is 10.9. The average molecular weight is 287 g/mol. The van der Waals surface area contributed by atoms with E-state index in [0.717, 1.165) is 27.7 Å². The summed E-state index contributed by atoms with van der Waals surface area (Å²) in [5.74, 6) is 0. The molecule has 2 rings (SSSR count). The van der Waals surface area contributed by atoms with Crippen molar-refractivity contribution in [1.29, 1.82) is 0 Å². The highest BCUT2D eigenvalue weighted by Gasteiger charge is 2.29. The molecule has 0 aliphatic rings. The normalized spacial score (nSPS) is 13.5. The van der Waals surface area contributed by atoms with E-state index in [9.17, 15) is 13.2 Å². The summed E-state index contributed by atoms with van der Waals surface area (Å²) in [7, 11) is 0. The van der Waals surface area contributed by atoms with Gasteiger partial charge >= 0.3 is 6.18 Å². The second-order valence-corrected chi connectivity index (χ2v) is 5.29. The van der Waals surface area contributed by atoms with Gasteiger partial charge in [-0.1, -0.05) is 23.5 Å². The minimum atomic E-state index is -4.30. The number of hydrogen-bond acceptors (Lipinski definition) is 4. The number of hydrogen-bond donors (Lipinski definition) is 1. The van der Waals surface area contributed by atoms with E-state index in [-0.39, 0.29) is 6.04 Å². The van der Waals surface area contributed by atoms with E-state index < -0.39 is 11.7 Å². The lowest BCUT2D eigenvalue weighted by atomic mass is 10.1. The number of benzene rings is 1. The standard InChI is InChI=1S/C12H12F3N3S/c1-7(16)11-18-17-10(19-11)6-8-2-4-9(5-3-8)12(13,14)15/h2-5,7H,6,16H2,1H3. The number of alkyl halides is 3. The van der Waals surface area contributed by atoms with Crippen molar-refractivity contribution < 1.29 is 13.2 Å². The SMILES string of the molecule is CC(N)c1nnc(Cc2ccc(C(F)(F)F)cc2)s1. The lowest BCUT2D eigenvalue weighted by Gasteiger charge is -2.06. The zero-order valence-electron chi connectivity index (χ0n) is 10.1. The summed E-state index contributed by atoms with van der Waals surface area (Å²) in [5, 5.41) is 9.37. The van der Waals surface area contributed by atoms with Crippen LogP contribution in [0.2, 0.25) is 0 Å². The summed E-state index contributed by atoms with van der Waals surface area (Å²) in [6.07, 6.45) is -3.84. The van der Waals surface area contributed by atoms with Gasteiger partial charge in [-0.15, -0.1) is 10.2 Å². The number of aromatic nitrogens is 2. The van der Waals surface area contributed by atoms with Crippen LogP contribution in [0.4, 0.5) is 13.2 Å². The molecule has 0 saturated heterocycles. The Labute approximate surface area is 112 Å². The minimum absolute atomic E-state index is 0.182. The molecule has 0 saturated carbocycles. The number of halogens is 3. The summed E-state index contributed by atoms with van der Waals surface area (Å²) < 4.78 is 37.2. The van der Waals surface area contributed by atoms with E-state index in [1.54, 1.807) is 0 Å². The van der Waals surface area contributed by atoms with Gasteiger partial charge in [0.1, 0.15) is 10.0 Å². The maximum atomic E-state index is 12.4. The van der Waals surface area contributed by atoms with E-state index >= 15 is 0 Å². The fraction of sp³-hybridized carbons (Fsp3) is 0.333. The van der Waals surface area contributed by atoms with Crippen LogP contribution < -0.4 is 5.73 Å². The molecule has 0 fully saturated rings. The first-order chi connectivity index (χ1) is 8.86. The smallest absolute Gasteiger partial charge is 0.322 e. The molecule has 2 aromatic rings. The molecule has 2 N–H and O–H groups in total. The van der Waals surface area contributed by atoms with E-state index in [0.29, 0.717) is 6.42 Å². The lowest BCUT2D eigenvalue weighted by molar-refractivity contribution is -0.137. The van der Waals surface area contributed by atoms with E-state index in [4.69, 9.17) is 5.73 Å². The molecule has 0 amide bonds. The van der Waals surface area contributed by atoms with E-state index in [1.165, 1.54) is 23.5 Å². The van der Waals surface area contributed by atoms with Crippen LogP contribution in [0.25, 0.3) is 0 Å². The highest BCUT2D eigenvalue weighted by molar-refractivity contribution is 7.11. The van der Waals surface area contributed by atoms with Crippen LogP contribution in [-0.2, 0) is 12.6 Å². The molecule has 0 spiro atoms. The Hall–Kier alpha value is -1.47. The molecule has 1 aromatic heterocycles. The second kappa shape index (κ2) is 5.26. The fourth-order valence-electron chi connectivity index (χ4n) is 1.51. The van der Waals surface area contributed by atoms with Gasteiger partial charge in [0.15, 0.2) is 0 Å². The summed E-state index contributed by atoms with van der Waals surface area (Å²) in [4.78, 5) is 0. The average Bonchev–Trinajstić information content (AvgIpc) is 2.77. The highest BCUT2D eigenvalue weighted by Crippen LogP contribution is 2.29. The van der Waals surface area contributed by atoms with Gasteiger partial charge in [-0.3, -0.25) is 0 Å². The van der Waals surface area contributed by atoms with E-state index in [2.05, 4.69) is 10.2 Å². The van der Waals surface area contributed by atoms with E-state index in [1.807, 2.05) is 6.92 Å². The van der Waals surface area contributed by atoms with Crippen molar-refractivity contribution in [3.05, 3.63) is 45.4 Å². The molecule has 0 aliphatic heterocycles. The van der Waals surface area contributed by atoms with Gasteiger partial charge in [0.2, 0.25) is 0 Å². The Kier molecular flexibility index (Phi) is 3.86. The van der Waals surface area contributed by atoms with Gasteiger partial charge in [0.25, 0.3) is 0 Å². The van der Waals surface area contributed by atoms with Gasteiger partial charge in [-0.2, -0.15) is 13.2 Å². The van der Waals surface area contributed by atoms with Crippen LogP contribution >= 0.6 is 11.3 Å². The molecule has 0 aliphatic carbocycles. The molecule has 19 heavy (non-hydrogen) atoms. The third-order valence-electron chi connectivity index (χ3n) is 2.51. The molecule has 1 unspecified atom stereocenters. The number of nitrogens with two attached hydrogens (primary N) is 1. The Morgan fingerprint density at radius 3 is 2.32 bits per heavy atom. The first-order valence-corrected chi connectivity index (χ1v) is 6.42. The first-order valence-electron chi connectivity index (χ1n) is 5.60. The first kappa shape index (κ1) is 14.0. The van der Waals surface area contributed by atoms with Crippen molar-refractivity contribution in [1.82, 2.24) is 10.2 Å². The third kappa shape index (κ3) is 3.51. The summed E-state index contributed by atoms with van der Waals surface area (Å²) in [6.45, 7) is 1.81. The predicted molar refractivity (Wildman–Crippen MR) is 66.8 cm³/mol. The highest BCUT2D eigenvalue weighted by atomic mass is 32.1. The van der Waals surface area contributed by atoms with Gasteiger partial charge in [0.05, 0.1) is 11.6 Å². The Morgan fingerprint density at radius 2 is 1.84 bits per heavy atom. The van der Waals surface area contributed by atoms with Crippen LogP contribution in [0.15, 0.2) is 24.3 Å². The molecule has 1 heterocycles. The number of rotatable bonds is 3. The molecule has 0 radical (unpaired) electrons. The van der Waals surface area contributed by atoms with Crippen molar-refractivity contribution in [2.45, 2.75) is 25.6 Å². The topological polar surface area (TPSA) is 51.8 Å². The molecule has 1 aromatic carbocycles. The predicted octanol–water partition coefficient (Wildman–Crippen LogP) is 3.17. The number of nitrogens with zero attached hydrogens (tertiary/aromatic N) is 2. The van der Waals surface area contributed by atoms with Crippen LogP contribution in [0, 0.1) is 0 Å². The Morgan fingerprint density at radius 1 is 1.21 bits per heavy atom. The van der Waals surface area contributed by atoms with Crippen LogP contribution in [0.3, 0.4) is 0 Å². The molecule has 0 bridgehead atoms. The maximum absolute atomic E-state index is 12.4. The second-order valence-electron chi connectivity index (χ2n) is 4.19. The maximum Gasteiger partial charge on any atom is 0.416 e. The Bertz CT molecular complexity index is 546. The van der Waals surface area contributed by atoms with Crippen molar-refractivity contribution in [2.24, 2.45) is 5.73 Å². The monoisotopic (exact) mass is 287 g/mol. The zero-order chi connectivity index (χ0) is 14.0. The van der Waals surface area contributed by atoms with Crippen molar-refractivity contribution in [3.8, 4) is 0 Å². The van der Waals surface area contributed by atoms with Crippen molar-refractivity contribution in [3.63, 3.8) is 0 Å².